The number of carbonyl (C=O) groups is 1. The smallest absolute Gasteiger partial charge is 0.271 e. The third kappa shape index (κ3) is 3.60. The molecule has 1 aliphatic rings. The number of benzene rings is 2. The van der Waals surface area contributed by atoms with Gasteiger partial charge < -0.3 is 4.90 Å². The molecule has 3 aromatic rings. The number of carbonyl (C=O) groups excluding carboxylic acids is 1. The fraction of sp³-hybridized carbons (Fsp3) is 0.130. The molecule has 4 nitrogen and oxygen atoms in total. The Hall–Kier alpha value is -3.40. The fourth-order valence-corrected chi connectivity index (χ4v) is 3.40. The Morgan fingerprint density at radius 2 is 1.56 bits per heavy atom. The van der Waals surface area contributed by atoms with Gasteiger partial charge in [0, 0.05) is 25.4 Å². The number of fused-ring (bicyclic) bond motifs is 1. The Labute approximate surface area is 158 Å². The molecule has 0 aliphatic carbocycles. The molecule has 27 heavy (non-hydrogen) atoms. The molecule has 0 radical (unpaired) electrons. The first kappa shape index (κ1) is 17.0. The van der Waals surface area contributed by atoms with Gasteiger partial charge >= 0.3 is 0 Å². The molecule has 0 fully saturated rings. The van der Waals surface area contributed by atoms with E-state index in [9.17, 15) is 9.59 Å². The lowest BCUT2D eigenvalue weighted by Gasteiger charge is -2.30. The lowest BCUT2D eigenvalue weighted by molar-refractivity contribution is -0.126. The summed E-state index contributed by atoms with van der Waals surface area (Å²) in [6, 6.07) is 22.7. The van der Waals surface area contributed by atoms with Crippen LogP contribution in [0.15, 0.2) is 83.8 Å². The second kappa shape index (κ2) is 7.46. The highest BCUT2D eigenvalue weighted by molar-refractivity contribution is 6.18. The van der Waals surface area contributed by atoms with Crippen LogP contribution >= 0.6 is 0 Å². The predicted octanol–water partition coefficient (Wildman–Crippen LogP) is 3.43. The van der Waals surface area contributed by atoms with Crippen LogP contribution < -0.4 is 5.56 Å². The van der Waals surface area contributed by atoms with Gasteiger partial charge in [-0.25, -0.2) is 0 Å². The summed E-state index contributed by atoms with van der Waals surface area (Å²) < 4.78 is 1.43. The first-order valence-corrected chi connectivity index (χ1v) is 9.03. The maximum Gasteiger partial charge on any atom is 0.271 e. The number of amides is 1. The highest BCUT2D eigenvalue weighted by Crippen LogP contribution is 2.22. The minimum absolute atomic E-state index is 0.137. The van der Waals surface area contributed by atoms with Crippen molar-refractivity contribution in [3.8, 4) is 0 Å². The van der Waals surface area contributed by atoms with Crippen molar-refractivity contribution < 1.29 is 4.79 Å². The zero-order valence-electron chi connectivity index (χ0n) is 14.9. The van der Waals surface area contributed by atoms with E-state index in [1.165, 1.54) is 16.2 Å². The topological polar surface area (TPSA) is 42.3 Å². The Morgan fingerprint density at radius 3 is 2.33 bits per heavy atom. The van der Waals surface area contributed by atoms with Crippen molar-refractivity contribution in [2.45, 2.75) is 13.0 Å². The summed E-state index contributed by atoms with van der Waals surface area (Å²) in [5, 5.41) is 0. The molecule has 2 heterocycles. The molecule has 0 N–H and O–H groups in total. The molecular weight excluding hydrogens is 336 g/mol. The molecule has 4 rings (SSSR count). The molecule has 0 unspecified atom stereocenters. The van der Waals surface area contributed by atoms with Crippen LogP contribution in [0, 0.1) is 0 Å². The molecule has 134 valence electrons. The number of rotatable bonds is 3. The molecule has 0 saturated carbocycles. The minimum Gasteiger partial charge on any atom is -0.333 e. The van der Waals surface area contributed by atoms with Crippen molar-refractivity contribution in [2.75, 3.05) is 6.54 Å². The van der Waals surface area contributed by atoms with Gasteiger partial charge in [0.1, 0.15) is 5.70 Å². The molecule has 1 aliphatic heterocycles. The number of nitrogens with zero attached hydrogens (tertiary/aromatic N) is 2. The van der Waals surface area contributed by atoms with E-state index in [4.69, 9.17) is 0 Å². The molecule has 4 heteroatoms. The van der Waals surface area contributed by atoms with E-state index in [1.807, 2.05) is 47.4 Å². The van der Waals surface area contributed by atoms with Crippen molar-refractivity contribution >= 4 is 17.7 Å². The van der Waals surface area contributed by atoms with Gasteiger partial charge in [-0.15, -0.1) is 0 Å². The standard InChI is InChI=1S/C23H20N2O2/c26-22-12-6-7-14-25(22)21(16-18-8-2-1-3-9-18)23(27)24-15-13-19-10-4-5-11-20(19)17-24/h1-12,14,16H,13,15,17H2. The maximum atomic E-state index is 13.4. The van der Waals surface area contributed by atoms with E-state index in [0.717, 1.165) is 17.5 Å². The quantitative estimate of drug-likeness (QED) is 0.675. The van der Waals surface area contributed by atoms with Crippen molar-refractivity contribution in [3.63, 3.8) is 0 Å². The monoisotopic (exact) mass is 356 g/mol. The molecular formula is C23H20N2O2. The van der Waals surface area contributed by atoms with Gasteiger partial charge in [-0.3, -0.25) is 14.2 Å². The molecule has 1 aromatic heterocycles. The van der Waals surface area contributed by atoms with Crippen molar-refractivity contribution in [1.82, 2.24) is 9.47 Å². The zero-order chi connectivity index (χ0) is 18.6. The van der Waals surface area contributed by atoms with E-state index in [-0.39, 0.29) is 11.5 Å². The van der Waals surface area contributed by atoms with Gasteiger partial charge in [0.2, 0.25) is 0 Å². The van der Waals surface area contributed by atoms with Crippen LogP contribution in [-0.2, 0) is 17.8 Å². The first-order chi connectivity index (χ1) is 13.2. The predicted molar refractivity (Wildman–Crippen MR) is 107 cm³/mol. The second-order valence-corrected chi connectivity index (χ2v) is 6.59. The number of pyridine rings is 1. The third-order valence-electron chi connectivity index (χ3n) is 4.82. The van der Waals surface area contributed by atoms with Crippen LogP contribution in [0.1, 0.15) is 16.7 Å². The Morgan fingerprint density at radius 1 is 0.852 bits per heavy atom. The average molecular weight is 356 g/mol. The van der Waals surface area contributed by atoms with Gasteiger partial charge in [0.25, 0.3) is 11.5 Å². The SMILES string of the molecule is O=C(C(=Cc1ccccc1)n1ccccc1=O)N1CCc2ccccc2C1. The van der Waals surface area contributed by atoms with Gasteiger partial charge in [-0.1, -0.05) is 60.7 Å². The lowest BCUT2D eigenvalue weighted by Crippen LogP contribution is -2.38. The van der Waals surface area contributed by atoms with E-state index < -0.39 is 0 Å². The zero-order valence-corrected chi connectivity index (χ0v) is 14.9. The van der Waals surface area contributed by atoms with Crippen molar-refractivity contribution in [3.05, 3.63) is 106 Å². The lowest BCUT2D eigenvalue weighted by atomic mass is 9.99. The van der Waals surface area contributed by atoms with Crippen molar-refractivity contribution in [1.29, 1.82) is 0 Å². The third-order valence-corrected chi connectivity index (χ3v) is 4.82. The van der Waals surface area contributed by atoms with Crippen LogP contribution in [0.3, 0.4) is 0 Å². The molecule has 0 bridgehead atoms. The second-order valence-electron chi connectivity index (χ2n) is 6.59. The average Bonchev–Trinajstić information content (AvgIpc) is 2.72. The maximum absolute atomic E-state index is 13.4. The molecule has 0 saturated heterocycles. The van der Waals surface area contributed by atoms with Crippen LogP contribution in [0.2, 0.25) is 0 Å². The number of hydrogen-bond donors (Lipinski definition) is 0. The van der Waals surface area contributed by atoms with Crippen LogP contribution in [0.5, 0.6) is 0 Å². The van der Waals surface area contributed by atoms with Gasteiger partial charge in [-0.2, -0.15) is 0 Å². The van der Waals surface area contributed by atoms with Crippen molar-refractivity contribution in [2.24, 2.45) is 0 Å². The van der Waals surface area contributed by atoms with Crippen LogP contribution in [-0.4, -0.2) is 21.9 Å². The van der Waals surface area contributed by atoms with E-state index >= 15 is 0 Å². The summed E-state index contributed by atoms with van der Waals surface area (Å²) in [5.74, 6) is -0.137. The highest BCUT2D eigenvalue weighted by Gasteiger charge is 2.24. The van der Waals surface area contributed by atoms with Crippen LogP contribution in [0.25, 0.3) is 11.8 Å². The largest absolute Gasteiger partial charge is 0.333 e. The molecule has 1 amide bonds. The Bertz CT molecular complexity index is 1050. The van der Waals surface area contributed by atoms with E-state index in [1.54, 1.807) is 24.4 Å². The highest BCUT2D eigenvalue weighted by atomic mass is 16.2. The normalized spacial score (nSPS) is 13.9. The molecule has 0 spiro atoms. The summed E-state index contributed by atoms with van der Waals surface area (Å²) in [4.78, 5) is 27.6. The Balaban J connectivity index is 1.73. The number of aromatic nitrogens is 1. The van der Waals surface area contributed by atoms with E-state index in [0.29, 0.717) is 18.8 Å². The van der Waals surface area contributed by atoms with Gasteiger partial charge in [-0.05, 0) is 35.3 Å². The fourth-order valence-electron chi connectivity index (χ4n) is 3.40. The summed E-state index contributed by atoms with van der Waals surface area (Å²) in [6.45, 7) is 1.20. The summed E-state index contributed by atoms with van der Waals surface area (Å²) in [5.41, 5.74) is 3.48. The first-order valence-electron chi connectivity index (χ1n) is 9.03. The minimum atomic E-state index is -0.217. The van der Waals surface area contributed by atoms with E-state index in [2.05, 4.69) is 12.1 Å². The summed E-state index contributed by atoms with van der Waals surface area (Å²) in [7, 11) is 0. The Kier molecular flexibility index (Phi) is 4.71. The summed E-state index contributed by atoms with van der Waals surface area (Å²) >= 11 is 0. The summed E-state index contributed by atoms with van der Waals surface area (Å²) in [6.07, 6.45) is 4.25. The van der Waals surface area contributed by atoms with Gasteiger partial charge in [0.15, 0.2) is 0 Å². The van der Waals surface area contributed by atoms with Crippen LogP contribution in [0.4, 0.5) is 0 Å². The molecule has 2 aromatic carbocycles. The number of hydrogen-bond acceptors (Lipinski definition) is 2. The molecule has 0 atom stereocenters. The van der Waals surface area contributed by atoms with Gasteiger partial charge in [0.05, 0.1) is 0 Å².